The van der Waals surface area contributed by atoms with E-state index in [4.69, 9.17) is 0 Å². The summed E-state index contributed by atoms with van der Waals surface area (Å²) in [5.74, 6) is -1.27. The summed E-state index contributed by atoms with van der Waals surface area (Å²) in [6.45, 7) is 2.21. The van der Waals surface area contributed by atoms with Gasteiger partial charge in [-0.05, 0) is 96.8 Å². The van der Waals surface area contributed by atoms with Gasteiger partial charge in [0.25, 0.3) is 11.1 Å². The number of halogens is 2. The van der Waals surface area contributed by atoms with Crippen LogP contribution in [0.15, 0.2) is 87.6 Å². The molecule has 0 bridgehead atoms. The van der Waals surface area contributed by atoms with E-state index in [9.17, 15) is 9.59 Å². The smallest absolute Gasteiger partial charge is 0.298 e. The Kier molecular flexibility index (Phi) is 9.29. The molecule has 1 saturated carbocycles. The Morgan fingerprint density at radius 2 is 1.61 bits per heavy atom. The molecule has 0 spiro atoms. The fourth-order valence-electron chi connectivity index (χ4n) is 6.46. The van der Waals surface area contributed by atoms with Gasteiger partial charge in [0.05, 0.1) is 21.3 Å². The molecule has 4 nitrogen and oxygen atoms in total. The number of imide groups is 1. The van der Waals surface area contributed by atoms with Gasteiger partial charge in [0, 0.05) is 17.5 Å². The number of nitrogens with zero attached hydrogens (tertiary/aromatic N) is 2. The van der Waals surface area contributed by atoms with Gasteiger partial charge in [-0.2, -0.15) is 0 Å². The topological polar surface area (TPSA) is 40.6 Å². The third-order valence-corrected chi connectivity index (χ3v) is 11.1. The van der Waals surface area contributed by atoms with E-state index in [0.717, 1.165) is 58.0 Å². The first-order valence-electron chi connectivity index (χ1n) is 15.4. The largest absolute Gasteiger partial charge is 0.338 e. The van der Waals surface area contributed by atoms with E-state index in [1.54, 1.807) is 54.2 Å². The summed E-state index contributed by atoms with van der Waals surface area (Å²) in [7, 11) is 1.97. The second kappa shape index (κ2) is 13.3. The molecule has 0 atom stereocenters. The molecule has 8 heteroatoms. The van der Waals surface area contributed by atoms with E-state index in [1.807, 2.05) is 42.3 Å². The van der Waals surface area contributed by atoms with Crippen LogP contribution in [0.4, 0.5) is 25.0 Å². The molecule has 44 heavy (non-hydrogen) atoms. The molecule has 0 N–H and O–H groups in total. The van der Waals surface area contributed by atoms with Crippen molar-refractivity contribution in [2.75, 3.05) is 16.8 Å². The number of benzene rings is 3. The first kappa shape index (κ1) is 30.7. The standard InChI is InChI=1S/C36H36F2N2O2S2/c1-3-4-5-8-23-11-13-24(14-12-23)27-19-20-28(34(38)33(27)37)25-15-17-26(18-16-25)40-35(41)31(44-36(40)42)21-22-32-39(2)29-9-6-7-10-30(29)43-32/h6-7,9-10,15-24H,3-5,8,11-14H2,1-2H3/b31-21-,32-22+. The van der Waals surface area contributed by atoms with Gasteiger partial charge in [-0.1, -0.05) is 80.8 Å². The molecular weight excluding hydrogens is 595 g/mol. The number of amides is 2. The number of carbonyl (C=O) groups excluding carboxylic acids is 2. The van der Waals surface area contributed by atoms with Crippen LogP contribution >= 0.6 is 23.5 Å². The first-order valence-corrected chi connectivity index (χ1v) is 17.1. The minimum absolute atomic E-state index is 0.0499. The Morgan fingerprint density at radius 3 is 2.34 bits per heavy atom. The highest BCUT2D eigenvalue weighted by atomic mass is 32.2. The van der Waals surface area contributed by atoms with Gasteiger partial charge < -0.3 is 4.90 Å². The van der Waals surface area contributed by atoms with Crippen LogP contribution in [0.25, 0.3) is 11.1 Å². The second-order valence-corrected chi connectivity index (χ2v) is 13.8. The third kappa shape index (κ3) is 6.11. The molecule has 2 aliphatic heterocycles. The first-order chi connectivity index (χ1) is 21.4. The minimum atomic E-state index is -0.848. The van der Waals surface area contributed by atoms with Crippen molar-refractivity contribution >= 4 is 46.0 Å². The summed E-state index contributed by atoms with van der Waals surface area (Å²) >= 11 is 2.49. The van der Waals surface area contributed by atoms with Gasteiger partial charge in [-0.25, -0.2) is 13.7 Å². The van der Waals surface area contributed by atoms with Crippen LogP contribution in [-0.2, 0) is 4.79 Å². The van der Waals surface area contributed by atoms with Gasteiger partial charge in [-0.15, -0.1) is 0 Å². The summed E-state index contributed by atoms with van der Waals surface area (Å²) in [4.78, 5) is 30.7. The normalized spacial score (nSPS) is 22.0. The van der Waals surface area contributed by atoms with E-state index < -0.39 is 22.8 Å². The second-order valence-electron chi connectivity index (χ2n) is 11.8. The van der Waals surface area contributed by atoms with Gasteiger partial charge >= 0.3 is 0 Å². The molecule has 6 rings (SSSR count). The Labute approximate surface area is 266 Å². The number of hydrogen-bond donors (Lipinski definition) is 0. The van der Waals surface area contributed by atoms with E-state index in [2.05, 4.69) is 6.92 Å². The predicted molar refractivity (Wildman–Crippen MR) is 178 cm³/mol. The van der Waals surface area contributed by atoms with E-state index in [0.29, 0.717) is 27.6 Å². The lowest BCUT2D eigenvalue weighted by Gasteiger charge is -2.29. The molecule has 0 aromatic heterocycles. The Balaban J connectivity index is 1.13. The Morgan fingerprint density at radius 1 is 0.864 bits per heavy atom. The average molecular weight is 631 g/mol. The van der Waals surface area contributed by atoms with E-state index in [1.165, 1.54) is 25.7 Å². The van der Waals surface area contributed by atoms with Crippen LogP contribution in [0.3, 0.4) is 0 Å². The number of unbranched alkanes of at least 4 members (excludes halogenated alkanes) is 2. The maximum absolute atomic E-state index is 15.4. The fourth-order valence-corrected chi connectivity index (χ4v) is 8.29. The third-order valence-electron chi connectivity index (χ3n) is 8.99. The van der Waals surface area contributed by atoms with Crippen molar-refractivity contribution in [3.8, 4) is 11.1 Å². The lowest BCUT2D eigenvalue weighted by molar-refractivity contribution is -0.113. The molecular formula is C36H36F2N2O2S2. The number of thioether (sulfide) groups is 2. The van der Waals surface area contributed by atoms with Crippen molar-refractivity contribution in [1.82, 2.24) is 0 Å². The van der Waals surface area contributed by atoms with Crippen LogP contribution in [-0.4, -0.2) is 18.2 Å². The number of allylic oxidation sites excluding steroid dienone is 2. The summed E-state index contributed by atoms with van der Waals surface area (Å²) in [5.41, 5.74) is 2.62. The molecule has 0 radical (unpaired) electrons. The van der Waals surface area contributed by atoms with Crippen LogP contribution in [0.1, 0.15) is 69.8 Å². The monoisotopic (exact) mass is 630 g/mol. The van der Waals surface area contributed by atoms with Crippen molar-refractivity contribution in [3.63, 3.8) is 0 Å². The van der Waals surface area contributed by atoms with Crippen molar-refractivity contribution < 1.29 is 18.4 Å². The molecule has 3 aliphatic rings. The van der Waals surface area contributed by atoms with E-state index in [-0.39, 0.29) is 11.5 Å². The highest BCUT2D eigenvalue weighted by molar-refractivity contribution is 8.18. The van der Waals surface area contributed by atoms with Crippen LogP contribution in [0, 0.1) is 17.6 Å². The molecule has 2 heterocycles. The number of carbonyl (C=O) groups is 2. The maximum atomic E-state index is 15.4. The average Bonchev–Trinajstić information content (AvgIpc) is 3.52. The number of para-hydroxylation sites is 1. The Hall–Kier alpha value is -3.36. The highest BCUT2D eigenvalue weighted by Gasteiger charge is 2.36. The number of hydrogen-bond acceptors (Lipinski definition) is 5. The van der Waals surface area contributed by atoms with Crippen molar-refractivity contribution in [2.45, 2.75) is 69.1 Å². The highest BCUT2D eigenvalue weighted by Crippen LogP contribution is 2.45. The molecule has 3 aromatic carbocycles. The predicted octanol–water partition coefficient (Wildman–Crippen LogP) is 10.7. The Bertz CT molecular complexity index is 1630. The summed E-state index contributed by atoms with van der Waals surface area (Å²) in [6, 6.07) is 17.9. The molecule has 2 amide bonds. The molecule has 3 aromatic rings. The molecule has 0 unspecified atom stereocenters. The molecule has 1 saturated heterocycles. The fraction of sp³-hybridized carbons (Fsp3) is 0.333. The van der Waals surface area contributed by atoms with Gasteiger partial charge in [0.2, 0.25) is 0 Å². The minimum Gasteiger partial charge on any atom is -0.338 e. The lowest BCUT2D eigenvalue weighted by Crippen LogP contribution is -2.27. The summed E-state index contributed by atoms with van der Waals surface area (Å²) < 4.78 is 30.7. The number of fused-ring (bicyclic) bond motifs is 1. The molecule has 1 aliphatic carbocycles. The van der Waals surface area contributed by atoms with Gasteiger partial charge in [0.15, 0.2) is 11.6 Å². The van der Waals surface area contributed by atoms with Crippen molar-refractivity contribution in [2.24, 2.45) is 5.92 Å². The summed E-state index contributed by atoms with van der Waals surface area (Å²) in [5, 5.41) is 0.558. The zero-order chi connectivity index (χ0) is 30.8. The zero-order valence-corrected chi connectivity index (χ0v) is 26.7. The molecule has 2 fully saturated rings. The summed E-state index contributed by atoms with van der Waals surface area (Å²) in [6.07, 6.45) is 12.4. The van der Waals surface area contributed by atoms with E-state index >= 15 is 8.78 Å². The SMILES string of the molecule is CCCCCC1CCC(c2ccc(-c3ccc(N4C(=O)S/C(=C\C=C5\Sc6ccccc6N5C)C4=O)cc3)c(F)c2F)CC1. The van der Waals surface area contributed by atoms with Gasteiger partial charge in [-0.3, -0.25) is 9.59 Å². The number of rotatable bonds is 8. The van der Waals surface area contributed by atoms with Crippen LogP contribution in [0.2, 0.25) is 0 Å². The van der Waals surface area contributed by atoms with Gasteiger partial charge in [0.1, 0.15) is 0 Å². The van der Waals surface area contributed by atoms with Crippen LogP contribution < -0.4 is 9.80 Å². The number of anilines is 2. The quantitative estimate of drug-likeness (QED) is 0.183. The van der Waals surface area contributed by atoms with Crippen molar-refractivity contribution in [1.29, 1.82) is 0 Å². The lowest BCUT2D eigenvalue weighted by atomic mass is 9.76. The maximum Gasteiger partial charge on any atom is 0.298 e. The van der Waals surface area contributed by atoms with Crippen LogP contribution in [0.5, 0.6) is 0 Å². The zero-order valence-electron chi connectivity index (χ0n) is 25.0. The molecule has 228 valence electrons. The van der Waals surface area contributed by atoms with Crippen molar-refractivity contribution in [3.05, 3.63) is 99.9 Å².